The van der Waals surface area contributed by atoms with Gasteiger partial charge in [-0.25, -0.2) is 9.67 Å². The van der Waals surface area contributed by atoms with E-state index in [1.807, 2.05) is 47.3 Å². The van der Waals surface area contributed by atoms with E-state index in [1.54, 1.807) is 7.11 Å². The highest BCUT2D eigenvalue weighted by Gasteiger charge is 2.24. The van der Waals surface area contributed by atoms with Crippen molar-refractivity contribution in [2.45, 2.75) is 40.3 Å². The van der Waals surface area contributed by atoms with Crippen molar-refractivity contribution in [2.75, 3.05) is 20.2 Å². The molecule has 0 amide bonds. The average molecular weight is 358 g/mol. The standard InChI is InChI=1S/C20H31N5O/c1-6-21-19(23-15-18(26-5)20(2,3)4)22-14-16-12-13-25(24-16)17-10-8-7-9-11-17/h7-13,18H,6,14-15H2,1-5H3,(H2,21,22,23). The molecule has 2 rings (SSSR count). The molecule has 0 fully saturated rings. The Balaban J connectivity index is 1.99. The van der Waals surface area contributed by atoms with Gasteiger partial charge in [-0.2, -0.15) is 5.10 Å². The number of aromatic nitrogens is 2. The first kappa shape index (κ1) is 20.0. The summed E-state index contributed by atoms with van der Waals surface area (Å²) in [6.07, 6.45) is 2.06. The fraction of sp³-hybridized carbons (Fsp3) is 0.500. The summed E-state index contributed by atoms with van der Waals surface area (Å²) >= 11 is 0. The SMILES string of the molecule is CCNC(=NCc1ccn(-c2ccccc2)n1)NCC(OC)C(C)(C)C. The fourth-order valence-corrected chi connectivity index (χ4v) is 2.60. The number of hydrogen-bond donors (Lipinski definition) is 2. The van der Waals surface area contributed by atoms with Crippen molar-refractivity contribution in [1.82, 2.24) is 20.4 Å². The van der Waals surface area contributed by atoms with Crippen LogP contribution in [0, 0.1) is 5.41 Å². The van der Waals surface area contributed by atoms with Gasteiger partial charge in [-0.05, 0) is 30.5 Å². The first-order valence-corrected chi connectivity index (χ1v) is 9.09. The molecule has 0 saturated carbocycles. The van der Waals surface area contributed by atoms with Gasteiger partial charge in [0.05, 0.1) is 24.0 Å². The average Bonchev–Trinajstić information content (AvgIpc) is 3.08. The quantitative estimate of drug-likeness (QED) is 0.591. The molecule has 0 aliphatic carbocycles. The van der Waals surface area contributed by atoms with E-state index in [-0.39, 0.29) is 11.5 Å². The maximum Gasteiger partial charge on any atom is 0.191 e. The van der Waals surface area contributed by atoms with Gasteiger partial charge < -0.3 is 15.4 Å². The summed E-state index contributed by atoms with van der Waals surface area (Å²) in [4.78, 5) is 4.64. The van der Waals surface area contributed by atoms with Crippen LogP contribution >= 0.6 is 0 Å². The summed E-state index contributed by atoms with van der Waals surface area (Å²) in [5.41, 5.74) is 2.03. The third-order valence-corrected chi connectivity index (χ3v) is 4.11. The molecule has 2 N–H and O–H groups in total. The number of nitrogens with zero attached hydrogens (tertiary/aromatic N) is 3. The molecule has 2 aromatic rings. The molecule has 1 aromatic heterocycles. The minimum atomic E-state index is 0.0630. The van der Waals surface area contributed by atoms with Crippen LogP contribution in [0.5, 0.6) is 0 Å². The first-order valence-electron chi connectivity index (χ1n) is 9.09. The summed E-state index contributed by atoms with van der Waals surface area (Å²) < 4.78 is 7.46. The Morgan fingerprint density at radius 1 is 1.19 bits per heavy atom. The van der Waals surface area contributed by atoms with Gasteiger partial charge in [0.1, 0.15) is 0 Å². The second-order valence-corrected chi connectivity index (χ2v) is 7.25. The molecular weight excluding hydrogens is 326 g/mol. The molecule has 6 heteroatoms. The first-order chi connectivity index (χ1) is 12.4. The molecule has 0 saturated heterocycles. The molecule has 1 aromatic carbocycles. The summed E-state index contributed by atoms with van der Waals surface area (Å²) in [5, 5.41) is 11.2. The highest BCUT2D eigenvalue weighted by atomic mass is 16.5. The predicted molar refractivity (Wildman–Crippen MR) is 107 cm³/mol. The molecule has 1 heterocycles. The highest BCUT2D eigenvalue weighted by Crippen LogP contribution is 2.20. The van der Waals surface area contributed by atoms with Gasteiger partial charge in [-0.1, -0.05) is 39.0 Å². The molecular formula is C20H31N5O. The monoisotopic (exact) mass is 357 g/mol. The number of aliphatic imine (C=N–C) groups is 1. The summed E-state index contributed by atoms with van der Waals surface area (Å²) in [6, 6.07) is 12.1. The van der Waals surface area contributed by atoms with Crippen LogP contribution in [-0.2, 0) is 11.3 Å². The van der Waals surface area contributed by atoms with Crippen LogP contribution in [0.15, 0.2) is 47.6 Å². The van der Waals surface area contributed by atoms with Crippen LogP contribution in [0.1, 0.15) is 33.4 Å². The van der Waals surface area contributed by atoms with Crippen molar-refractivity contribution >= 4 is 5.96 Å². The van der Waals surface area contributed by atoms with Crippen molar-refractivity contribution in [3.8, 4) is 5.69 Å². The second-order valence-electron chi connectivity index (χ2n) is 7.25. The zero-order valence-corrected chi connectivity index (χ0v) is 16.5. The molecule has 0 aliphatic rings. The Morgan fingerprint density at radius 2 is 1.92 bits per heavy atom. The van der Waals surface area contributed by atoms with E-state index in [9.17, 15) is 0 Å². The number of ether oxygens (including phenoxy) is 1. The Kier molecular flexibility index (Phi) is 7.21. The number of benzene rings is 1. The van der Waals surface area contributed by atoms with Crippen molar-refractivity contribution in [3.63, 3.8) is 0 Å². The molecule has 1 atom stereocenters. The number of guanidine groups is 1. The van der Waals surface area contributed by atoms with Gasteiger partial charge in [-0.3, -0.25) is 0 Å². The summed E-state index contributed by atoms with van der Waals surface area (Å²) in [6.45, 7) is 10.6. The number of para-hydroxylation sites is 1. The molecule has 142 valence electrons. The van der Waals surface area contributed by atoms with E-state index in [2.05, 4.69) is 48.4 Å². The Bertz CT molecular complexity index is 688. The van der Waals surface area contributed by atoms with Gasteiger partial charge in [0.15, 0.2) is 5.96 Å². The Labute approximate surface area is 156 Å². The van der Waals surface area contributed by atoms with E-state index >= 15 is 0 Å². The van der Waals surface area contributed by atoms with E-state index in [4.69, 9.17) is 4.74 Å². The van der Waals surface area contributed by atoms with Crippen molar-refractivity contribution < 1.29 is 4.74 Å². The summed E-state index contributed by atoms with van der Waals surface area (Å²) in [7, 11) is 1.75. The van der Waals surface area contributed by atoms with Crippen LogP contribution in [-0.4, -0.2) is 42.0 Å². The third kappa shape index (κ3) is 5.88. The van der Waals surface area contributed by atoms with Crippen LogP contribution in [0.25, 0.3) is 5.69 Å². The minimum absolute atomic E-state index is 0.0630. The van der Waals surface area contributed by atoms with Gasteiger partial charge in [0.2, 0.25) is 0 Å². The van der Waals surface area contributed by atoms with Crippen LogP contribution in [0.2, 0.25) is 0 Å². The lowest BCUT2D eigenvalue weighted by atomic mass is 9.89. The second kappa shape index (κ2) is 9.38. The fourth-order valence-electron chi connectivity index (χ4n) is 2.60. The van der Waals surface area contributed by atoms with Gasteiger partial charge in [-0.15, -0.1) is 0 Å². The van der Waals surface area contributed by atoms with Crippen molar-refractivity contribution in [1.29, 1.82) is 0 Å². The minimum Gasteiger partial charge on any atom is -0.379 e. The third-order valence-electron chi connectivity index (χ3n) is 4.11. The number of methoxy groups -OCH3 is 1. The predicted octanol–water partition coefficient (Wildman–Crippen LogP) is 2.99. The lowest BCUT2D eigenvalue weighted by Crippen LogP contribution is -2.45. The van der Waals surface area contributed by atoms with E-state index in [0.29, 0.717) is 13.1 Å². The number of hydrogen-bond acceptors (Lipinski definition) is 3. The Morgan fingerprint density at radius 3 is 2.54 bits per heavy atom. The van der Waals surface area contributed by atoms with E-state index in [0.717, 1.165) is 23.9 Å². The highest BCUT2D eigenvalue weighted by molar-refractivity contribution is 5.79. The zero-order chi connectivity index (χ0) is 19.0. The Hall–Kier alpha value is -2.34. The zero-order valence-electron chi connectivity index (χ0n) is 16.5. The van der Waals surface area contributed by atoms with Crippen LogP contribution in [0.4, 0.5) is 0 Å². The number of nitrogens with one attached hydrogen (secondary N) is 2. The molecule has 0 radical (unpaired) electrons. The normalized spacial score (nSPS) is 13.5. The summed E-state index contributed by atoms with van der Waals surface area (Å²) in [5.74, 6) is 0.771. The lowest BCUT2D eigenvalue weighted by molar-refractivity contribution is 0.0205. The molecule has 1 unspecified atom stereocenters. The van der Waals surface area contributed by atoms with E-state index < -0.39 is 0 Å². The van der Waals surface area contributed by atoms with Gasteiger partial charge >= 0.3 is 0 Å². The molecule has 6 nitrogen and oxygen atoms in total. The smallest absolute Gasteiger partial charge is 0.191 e. The van der Waals surface area contributed by atoms with Crippen LogP contribution < -0.4 is 10.6 Å². The maximum atomic E-state index is 5.60. The van der Waals surface area contributed by atoms with Gasteiger partial charge in [0.25, 0.3) is 0 Å². The van der Waals surface area contributed by atoms with Crippen LogP contribution in [0.3, 0.4) is 0 Å². The molecule has 0 aliphatic heterocycles. The molecule has 0 bridgehead atoms. The van der Waals surface area contributed by atoms with Crippen molar-refractivity contribution in [3.05, 3.63) is 48.3 Å². The maximum absolute atomic E-state index is 5.60. The van der Waals surface area contributed by atoms with Crippen molar-refractivity contribution in [2.24, 2.45) is 10.4 Å². The van der Waals surface area contributed by atoms with E-state index in [1.165, 1.54) is 0 Å². The molecule has 26 heavy (non-hydrogen) atoms. The number of rotatable bonds is 7. The topological polar surface area (TPSA) is 63.5 Å². The van der Waals surface area contributed by atoms with Gasteiger partial charge in [0, 0.05) is 26.4 Å². The largest absolute Gasteiger partial charge is 0.379 e. The lowest BCUT2D eigenvalue weighted by Gasteiger charge is -2.30. The molecule has 0 spiro atoms.